The minimum Gasteiger partial charge on any atom is -0.468 e. The Hall–Kier alpha value is -3.42. The van der Waals surface area contributed by atoms with E-state index in [9.17, 15) is 19.2 Å². The van der Waals surface area contributed by atoms with Crippen LogP contribution in [0.15, 0.2) is 46.8 Å². The van der Waals surface area contributed by atoms with Crippen molar-refractivity contribution in [2.75, 3.05) is 13.7 Å². The minimum absolute atomic E-state index is 0.176. The van der Waals surface area contributed by atoms with E-state index >= 15 is 0 Å². The van der Waals surface area contributed by atoms with Crippen molar-refractivity contribution >= 4 is 23.7 Å². The molecule has 0 saturated carbocycles. The number of nitrogens with one attached hydrogen (secondary N) is 1. The highest BCUT2D eigenvalue weighted by Gasteiger charge is 2.47. The van der Waals surface area contributed by atoms with Gasteiger partial charge in [-0.05, 0) is 43.9 Å². The smallest absolute Gasteiger partial charge is 0.336 e. The number of allylic oxidation sites excluding steroid dienone is 3. The first-order valence-electron chi connectivity index (χ1n) is 10.5. The van der Waals surface area contributed by atoms with Gasteiger partial charge in [0.1, 0.15) is 11.7 Å². The Labute approximate surface area is 186 Å². The summed E-state index contributed by atoms with van der Waals surface area (Å²) in [7, 11) is 1.25. The molecule has 0 amide bonds. The van der Waals surface area contributed by atoms with Crippen LogP contribution in [-0.4, -0.2) is 37.4 Å². The van der Waals surface area contributed by atoms with Crippen LogP contribution in [0.3, 0.4) is 0 Å². The van der Waals surface area contributed by atoms with Crippen LogP contribution >= 0.6 is 0 Å². The van der Waals surface area contributed by atoms with Crippen LogP contribution in [0, 0.1) is 11.8 Å². The second-order valence-electron chi connectivity index (χ2n) is 7.92. The van der Waals surface area contributed by atoms with Crippen molar-refractivity contribution < 1.29 is 33.4 Å². The number of carbonyl (C=O) groups is 4. The van der Waals surface area contributed by atoms with Crippen LogP contribution in [0.5, 0.6) is 5.75 Å². The normalized spacial score (nSPS) is 22.7. The average Bonchev–Trinajstić information content (AvgIpc) is 2.72. The van der Waals surface area contributed by atoms with Gasteiger partial charge in [-0.2, -0.15) is 0 Å². The number of ether oxygens (including phenoxy) is 3. The molecule has 1 aliphatic heterocycles. The summed E-state index contributed by atoms with van der Waals surface area (Å²) >= 11 is 0. The summed E-state index contributed by atoms with van der Waals surface area (Å²) in [6.45, 7) is 6.77. The van der Waals surface area contributed by atoms with Gasteiger partial charge in [-0.3, -0.25) is 14.4 Å². The zero-order valence-corrected chi connectivity index (χ0v) is 18.8. The first-order valence-corrected chi connectivity index (χ1v) is 10.5. The van der Waals surface area contributed by atoms with E-state index in [0.717, 1.165) is 0 Å². The summed E-state index contributed by atoms with van der Waals surface area (Å²) < 4.78 is 15.3. The predicted molar refractivity (Wildman–Crippen MR) is 114 cm³/mol. The van der Waals surface area contributed by atoms with Crippen LogP contribution in [0.1, 0.15) is 45.6 Å². The van der Waals surface area contributed by atoms with Gasteiger partial charge < -0.3 is 19.5 Å². The van der Waals surface area contributed by atoms with Crippen molar-refractivity contribution in [3.05, 3.63) is 52.4 Å². The Morgan fingerprint density at radius 1 is 1.16 bits per heavy atom. The molecule has 3 rings (SSSR count). The lowest BCUT2D eigenvalue weighted by molar-refractivity contribution is -0.151. The van der Waals surface area contributed by atoms with Gasteiger partial charge >= 0.3 is 17.9 Å². The van der Waals surface area contributed by atoms with Crippen molar-refractivity contribution in [1.29, 1.82) is 0 Å². The van der Waals surface area contributed by atoms with Gasteiger partial charge in [0.2, 0.25) is 0 Å². The average molecular weight is 441 g/mol. The highest BCUT2D eigenvalue weighted by molar-refractivity contribution is 6.12. The fraction of sp³-hybridized carbons (Fsp3) is 0.417. The maximum atomic E-state index is 13.6. The number of methoxy groups -OCH3 is 1. The molecule has 1 heterocycles. The van der Waals surface area contributed by atoms with Crippen LogP contribution in [0.4, 0.5) is 0 Å². The maximum Gasteiger partial charge on any atom is 0.336 e. The highest BCUT2D eigenvalue weighted by Crippen LogP contribution is 2.45. The maximum absolute atomic E-state index is 13.6. The molecule has 1 aliphatic carbocycles. The lowest BCUT2D eigenvalue weighted by Gasteiger charge is -2.38. The quantitative estimate of drug-likeness (QED) is 0.422. The summed E-state index contributed by atoms with van der Waals surface area (Å²) in [5.41, 5.74) is 2.57. The molecule has 0 spiro atoms. The number of hydrogen-bond donors (Lipinski definition) is 1. The van der Waals surface area contributed by atoms with Crippen LogP contribution in [-0.2, 0) is 28.7 Å². The molecule has 2 aliphatic rings. The molecule has 0 fully saturated rings. The molecule has 32 heavy (non-hydrogen) atoms. The van der Waals surface area contributed by atoms with Crippen molar-refractivity contribution in [2.45, 2.75) is 40.0 Å². The summed E-state index contributed by atoms with van der Waals surface area (Å²) in [5, 5.41) is 3.20. The fourth-order valence-corrected chi connectivity index (χ4v) is 4.39. The van der Waals surface area contributed by atoms with Gasteiger partial charge in [0.05, 0.1) is 19.3 Å². The van der Waals surface area contributed by atoms with Gasteiger partial charge in [0, 0.05) is 29.8 Å². The molecule has 8 heteroatoms. The Bertz CT molecular complexity index is 1020. The molecule has 0 radical (unpaired) electrons. The third-order valence-corrected chi connectivity index (χ3v) is 5.71. The third kappa shape index (κ3) is 4.30. The first-order chi connectivity index (χ1) is 15.2. The number of carbonyl (C=O) groups excluding carboxylic acids is 4. The predicted octanol–water partition coefficient (Wildman–Crippen LogP) is 2.79. The van der Waals surface area contributed by atoms with Crippen molar-refractivity contribution in [1.82, 2.24) is 5.32 Å². The standard InChI is InChI=1S/C24H27NO7/c1-6-31-24(29)19-13(3)25-17-11-12(2)18(23(28)30-5)22(27)21(17)20(19)15-7-9-16(10-8-15)32-14(4)26/h7-10,12,18,20,25H,6,11H2,1-5H3/t12-,18-,20+/m0/s1. The van der Waals surface area contributed by atoms with Crippen LogP contribution < -0.4 is 10.1 Å². The molecule has 1 aromatic rings. The Kier molecular flexibility index (Phi) is 6.81. The van der Waals surface area contributed by atoms with Gasteiger partial charge in [-0.1, -0.05) is 19.1 Å². The highest BCUT2D eigenvalue weighted by atomic mass is 16.5. The van der Waals surface area contributed by atoms with E-state index in [0.29, 0.717) is 40.3 Å². The van der Waals surface area contributed by atoms with E-state index in [4.69, 9.17) is 14.2 Å². The van der Waals surface area contributed by atoms with Gasteiger partial charge in [-0.25, -0.2) is 4.79 Å². The number of rotatable bonds is 5. The monoisotopic (exact) mass is 441 g/mol. The van der Waals surface area contributed by atoms with E-state index in [1.807, 2.05) is 6.92 Å². The first kappa shape index (κ1) is 23.2. The van der Waals surface area contributed by atoms with E-state index in [2.05, 4.69) is 5.32 Å². The molecule has 0 unspecified atom stereocenters. The SMILES string of the molecule is CCOC(=O)C1=C(C)NC2=C(C(=O)[C@@H](C(=O)OC)[C@@H](C)C2)[C@@H]1c1ccc(OC(C)=O)cc1. The number of dihydropyridines is 1. The zero-order valence-electron chi connectivity index (χ0n) is 18.8. The molecule has 1 N–H and O–H groups in total. The lowest BCUT2D eigenvalue weighted by Crippen LogP contribution is -2.43. The Balaban J connectivity index is 2.14. The zero-order chi connectivity index (χ0) is 23.6. The van der Waals surface area contributed by atoms with Gasteiger partial charge in [-0.15, -0.1) is 0 Å². The number of Topliss-reactive ketones (excluding diaryl/α,β-unsaturated/α-hetero) is 1. The second kappa shape index (κ2) is 9.38. The summed E-state index contributed by atoms with van der Waals surface area (Å²) in [4.78, 5) is 50.1. The lowest BCUT2D eigenvalue weighted by atomic mass is 9.69. The van der Waals surface area contributed by atoms with E-state index in [1.165, 1.54) is 14.0 Å². The van der Waals surface area contributed by atoms with E-state index < -0.39 is 29.7 Å². The molecule has 170 valence electrons. The molecule has 0 aromatic heterocycles. The number of benzene rings is 1. The molecule has 0 saturated heterocycles. The summed E-state index contributed by atoms with van der Waals surface area (Å²) in [6, 6.07) is 6.60. The van der Waals surface area contributed by atoms with Crippen molar-refractivity contribution in [3.63, 3.8) is 0 Å². The van der Waals surface area contributed by atoms with Gasteiger partial charge in [0.25, 0.3) is 0 Å². The van der Waals surface area contributed by atoms with E-state index in [1.54, 1.807) is 38.1 Å². The summed E-state index contributed by atoms with van der Waals surface area (Å²) in [6.07, 6.45) is 0.455. The number of hydrogen-bond acceptors (Lipinski definition) is 8. The minimum atomic E-state index is -0.953. The van der Waals surface area contributed by atoms with Crippen molar-refractivity contribution in [3.8, 4) is 5.75 Å². The molecule has 8 nitrogen and oxygen atoms in total. The molecule has 3 atom stereocenters. The molecular formula is C24H27NO7. The molecule has 0 bridgehead atoms. The van der Waals surface area contributed by atoms with Crippen LogP contribution in [0.2, 0.25) is 0 Å². The Morgan fingerprint density at radius 2 is 1.81 bits per heavy atom. The number of esters is 3. The largest absolute Gasteiger partial charge is 0.468 e. The van der Waals surface area contributed by atoms with Crippen LogP contribution in [0.25, 0.3) is 0 Å². The summed E-state index contributed by atoms with van der Waals surface area (Å²) in [5.74, 6) is -3.56. The number of ketones is 1. The molecule has 1 aromatic carbocycles. The van der Waals surface area contributed by atoms with Gasteiger partial charge in [0.15, 0.2) is 5.78 Å². The third-order valence-electron chi connectivity index (χ3n) is 5.71. The topological polar surface area (TPSA) is 108 Å². The van der Waals surface area contributed by atoms with E-state index in [-0.39, 0.29) is 18.3 Å². The molecular weight excluding hydrogens is 414 g/mol. The fourth-order valence-electron chi connectivity index (χ4n) is 4.39. The second-order valence-corrected chi connectivity index (χ2v) is 7.92. The Morgan fingerprint density at radius 3 is 2.38 bits per heavy atom. The van der Waals surface area contributed by atoms with Crippen molar-refractivity contribution in [2.24, 2.45) is 11.8 Å².